The van der Waals surface area contributed by atoms with Crippen LogP contribution in [0.4, 0.5) is 5.82 Å². The van der Waals surface area contributed by atoms with Gasteiger partial charge < -0.3 is 25.2 Å². The van der Waals surface area contributed by atoms with Crippen molar-refractivity contribution >= 4 is 12.3 Å². The van der Waals surface area contributed by atoms with Gasteiger partial charge in [-0.05, 0) is 31.8 Å². The summed E-state index contributed by atoms with van der Waals surface area (Å²) in [5.74, 6) is 1.04. The van der Waals surface area contributed by atoms with E-state index in [0.717, 1.165) is 34.7 Å². The third-order valence-electron chi connectivity index (χ3n) is 4.18. The highest BCUT2D eigenvalue weighted by molar-refractivity contribution is 5.79. The number of nitriles is 1. The second kappa shape index (κ2) is 10.3. The van der Waals surface area contributed by atoms with Crippen LogP contribution in [0.5, 0.6) is 5.75 Å². The normalized spacial score (nSPS) is 12.4. The number of nitrogens with two attached hydrogens (primary N) is 1. The number of benzene rings is 1. The zero-order valence-corrected chi connectivity index (χ0v) is 16.0. The first-order valence-electron chi connectivity index (χ1n) is 8.76. The molecule has 0 bridgehead atoms. The van der Waals surface area contributed by atoms with Crippen LogP contribution in [0, 0.1) is 11.3 Å². The predicted octanol–water partition coefficient (Wildman–Crippen LogP) is 1.92. The molecule has 8 heteroatoms. The van der Waals surface area contributed by atoms with Crippen molar-refractivity contribution in [1.29, 1.82) is 5.26 Å². The highest BCUT2D eigenvalue weighted by atomic mass is 16.5. The number of ether oxygens (including phenoxy) is 2. The van der Waals surface area contributed by atoms with Crippen LogP contribution >= 0.6 is 0 Å². The van der Waals surface area contributed by atoms with E-state index >= 15 is 0 Å². The topological polar surface area (TPSA) is 122 Å². The quantitative estimate of drug-likeness (QED) is 0.750. The van der Waals surface area contributed by atoms with Gasteiger partial charge in [-0.2, -0.15) is 5.26 Å². The summed E-state index contributed by atoms with van der Waals surface area (Å²) in [6, 6.07) is 9.95. The van der Waals surface area contributed by atoms with Crippen molar-refractivity contribution in [1.82, 2.24) is 9.88 Å². The van der Waals surface area contributed by atoms with Crippen molar-refractivity contribution in [3.63, 3.8) is 0 Å². The van der Waals surface area contributed by atoms with E-state index in [4.69, 9.17) is 25.1 Å². The number of carbonyl (C=O) groups is 1. The van der Waals surface area contributed by atoms with E-state index in [2.05, 4.69) is 16.0 Å². The third-order valence-corrected chi connectivity index (χ3v) is 4.18. The molecule has 2 aromatic rings. The van der Waals surface area contributed by atoms with Gasteiger partial charge in [0.15, 0.2) is 0 Å². The molecular formula is C20H24N4O4. The van der Waals surface area contributed by atoms with Crippen molar-refractivity contribution in [3.05, 3.63) is 41.1 Å². The predicted molar refractivity (Wildman–Crippen MR) is 105 cm³/mol. The number of likely N-dealkylation sites (N-methyl/N-ethyl adjacent to an activating group) is 1. The van der Waals surface area contributed by atoms with E-state index in [9.17, 15) is 5.26 Å². The molecule has 1 aliphatic rings. The van der Waals surface area contributed by atoms with Crippen LogP contribution in [0.1, 0.15) is 16.8 Å². The van der Waals surface area contributed by atoms with Gasteiger partial charge >= 0.3 is 0 Å². The second-order valence-electron chi connectivity index (χ2n) is 6.37. The Morgan fingerprint density at radius 1 is 1.46 bits per heavy atom. The van der Waals surface area contributed by atoms with E-state index in [0.29, 0.717) is 31.8 Å². The summed E-state index contributed by atoms with van der Waals surface area (Å²) in [7, 11) is 4.01. The van der Waals surface area contributed by atoms with Crippen LogP contribution < -0.4 is 10.5 Å². The molecule has 148 valence electrons. The maximum atomic E-state index is 9.59. The van der Waals surface area contributed by atoms with E-state index in [1.807, 2.05) is 38.4 Å². The molecule has 1 aromatic heterocycles. The van der Waals surface area contributed by atoms with Crippen molar-refractivity contribution in [2.45, 2.75) is 13.0 Å². The van der Waals surface area contributed by atoms with Crippen LogP contribution in [0.3, 0.4) is 0 Å². The Labute approximate surface area is 164 Å². The van der Waals surface area contributed by atoms with Gasteiger partial charge in [0.05, 0.1) is 18.9 Å². The van der Waals surface area contributed by atoms with Crippen molar-refractivity contribution in [2.24, 2.45) is 0 Å². The zero-order chi connectivity index (χ0) is 20.5. The lowest BCUT2D eigenvalue weighted by Gasteiger charge is -2.21. The highest BCUT2D eigenvalue weighted by Crippen LogP contribution is 2.35. The van der Waals surface area contributed by atoms with Crippen LogP contribution in [0.15, 0.2) is 24.3 Å². The van der Waals surface area contributed by atoms with Gasteiger partial charge in [0.2, 0.25) is 0 Å². The van der Waals surface area contributed by atoms with Crippen LogP contribution in [0.2, 0.25) is 0 Å². The standard InChI is InChI=1S/C19H22N4O2.CH2O2/c1-23(2)7-9-25-14-5-3-4-13(10-14)18-15(11-20)19(21)22-17-6-8-24-12-16(17)18;2-1-3/h3-5,10H,6-9,12H2,1-2H3,(H2,21,22);1H,(H,2,3). The first-order valence-corrected chi connectivity index (χ1v) is 8.76. The molecule has 0 saturated heterocycles. The molecule has 1 aromatic carbocycles. The summed E-state index contributed by atoms with van der Waals surface area (Å²) in [6.07, 6.45) is 0.706. The monoisotopic (exact) mass is 384 g/mol. The lowest BCUT2D eigenvalue weighted by molar-refractivity contribution is -0.122. The first-order chi connectivity index (χ1) is 13.5. The molecule has 2 heterocycles. The van der Waals surface area contributed by atoms with Gasteiger partial charge in [-0.25, -0.2) is 4.98 Å². The molecule has 0 atom stereocenters. The minimum atomic E-state index is -0.250. The number of pyridine rings is 1. The summed E-state index contributed by atoms with van der Waals surface area (Å²) < 4.78 is 11.4. The van der Waals surface area contributed by atoms with E-state index in [-0.39, 0.29) is 12.3 Å². The largest absolute Gasteiger partial charge is 0.492 e. The fraction of sp³-hybridized carbons (Fsp3) is 0.350. The summed E-state index contributed by atoms with van der Waals surface area (Å²) in [4.78, 5) is 14.8. The van der Waals surface area contributed by atoms with Gasteiger partial charge in [0.1, 0.15) is 29.8 Å². The van der Waals surface area contributed by atoms with E-state index < -0.39 is 0 Å². The molecule has 28 heavy (non-hydrogen) atoms. The number of aromatic nitrogens is 1. The number of fused-ring (bicyclic) bond motifs is 1. The fourth-order valence-electron chi connectivity index (χ4n) is 2.92. The molecule has 3 rings (SSSR count). The number of anilines is 1. The van der Waals surface area contributed by atoms with Gasteiger partial charge in [0.25, 0.3) is 6.47 Å². The Morgan fingerprint density at radius 3 is 2.89 bits per heavy atom. The molecular weight excluding hydrogens is 360 g/mol. The molecule has 1 aliphatic heterocycles. The van der Waals surface area contributed by atoms with Gasteiger partial charge in [-0.1, -0.05) is 12.1 Å². The SMILES string of the molecule is CN(C)CCOc1cccc(-c2c(C#N)c(N)nc3c2COCC3)c1.O=CO. The number of nitrogen functional groups attached to an aromatic ring is 1. The number of rotatable bonds is 5. The van der Waals surface area contributed by atoms with Gasteiger partial charge in [-0.3, -0.25) is 4.79 Å². The Balaban J connectivity index is 0.000000878. The zero-order valence-electron chi connectivity index (χ0n) is 16.0. The van der Waals surface area contributed by atoms with Crippen LogP contribution in [0.25, 0.3) is 11.1 Å². The third kappa shape index (κ3) is 5.19. The smallest absolute Gasteiger partial charge is 0.290 e. The maximum Gasteiger partial charge on any atom is 0.290 e. The highest BCUT2D eigenvalue weighted by Gasteiger charge is 2.22. The summed E-state index contributed by atoms with van der Waals surface area (Å²) >= 11 is 0. The molecule has 0 radical (unpaired) electrons. The second-order valence-corrected chi connectivity index (χ2v) is 6.37. The molecule has 0 fully saturated rings. The lowest BCUT2D eigenvalue weighted by atomic mass is 9.92. The lowest BCUT2D eigenvalue weighted by Crippen LogP contribution is -2.19. The van der Waals surface area contributed by atoms with Crippen LogP contribution in [-0.4, -0.2) is 55.3 Å². The molecule has 0 spiro atoms. The maximum absolute atomic E-state index is 9.59. The molecule has 0 aliphatic carbocycles. The average molecular weight is 384 g/mol. The number of carboxylic acid groups (broad SMARTS) is 1. The van der Waals surface area contributed by atoms with E-state index in [1.54, 1.807) is 0 Å². The molecule has 0 amide bonds. The molecule has 0 saturated carbocycles. The minimum Gasteiger partial charge on any atom is -0.492 e. The number of hydrogen-bond acceptors (Lipinski definition) is 7. The Hall–Kier alpha value is -3.15. The number of hydrogen-bond donors (Lipinski definition) is 2. The van der Waals surface area contributed by atoms with Gasteiger partial charge in [-0.15, -0.1) is 0 Å². The van der Waals surface area contributed by atoms with E-state index in [1.165, 1.54) is 0 Å². The molecule has 3 N–H and O–H groups in total. The fourth-order valence-corrected chi connectivity index (χ4v) is 2.92. The average Bonchev–Trinajstić information content (AvgIpc) is 2.67. The Kier molecular flexibility index (Phi) is 7.75. The number of nitrogens with zero attached hydrogens (tertiary/aromatic N) is 3. The van der Waals surface area contributed by atoms with Crippen molar-refractivity contribution in [3.8, 4) is 22.9 Å². The summed E-state index contributed by atoms with van der Waals surface area (Å²) in [5, 5.41) is 16.5. The summed E-state index contributed by atoms with van der Waals surface area (Å²) in [6.45, 7) is 2.25. The van der Waals surface area contributed by atoms with Gasteiger partial charge in [0, 0.05) is 24.1 Å². The van der Waals surface area contributed by atoms with Crippen molar-refractivity contribution < 1.29 is 19.4 Å². The Morgan fingerprint density at radius 2 is 2.21 bits per heavy atom. The molecule has 8 nitrogen and oxygen atoms in total. The minimum absolute atomic E-state index is 0.250. The van der Waals surface area contributed by atoms with Crippen molar-refractivity contribution in [2.75, 3.05) is 39.6 Å². The summed E-state index contributed by atoms with van der Waals surface area (Å²) in [5.41, 5.74) is 10.00. The Bertz CT molecular complexity index is 862. The van der Waals surface area contributed by atoms with Crippen LogP contribution in [-0.2, 0) is 22.6 Å². The first kappa shape index (κ1) is 21.2. The molecule has 0 unspecified atom stereocenters.